The van der Waals surface area contributed by atoms with Gasteiger partial charge in [0.2, 0.25) is 0 Å². The third-order valence-corrected chi connectivity index (χ3v) is 4.67. The van der Waals surface area contributed by atoms with Crippen LogP contribution in [-0.4, -0.2) is 34.9 Å². The molecule has 6 heteroatoms. The summed E-state index contributed by atoms with van der Waals surface area (Å²) in [4.78, 5) is 4.84. The largest absolute Gasteiger partial charge is 0.384 e. The van der Waals surface area contributed by atoms with Crippen molar-refractivity contribution in [1.29, 1.82) is 0 Å². The molecule has 0 aliphatic heterocycles. The molecule has 1 aromatic carbocycles. The van der Waals surface area contributed by atoms with Gasteiger partial charge in [-0.2, -0.15) is 9.61 Å². The molecule has 3 aromatic rings. The fraction of sp³-hybridized carbons (Fsp3) is 0.364. The van der Waals surface area contributed by atoms with E-state index in [0.717, 1.165) is 59.2 Å². The second-order valence-corrected chi connectivity index (χ2v) is 6.93. The zero-order chi connectivity index (χ0) is 20.1. The lowest BCUT2D eigenvalue weighted by Crippen LogP contribution is -2.11. The normalized spacial score (nSPS) is 11.0. The van der Waals surface area contributed by atoms with Crippen molar-refractivity contribution in [2.75, 3.05) is 30.9 Å². The predicted octanol–water partition coefficient (Wildman–Crippen LogP) is 4.74. The van der Waals surface area contributed by atoms with Crippen LogP contribution in [0.1, 0.15) is 35.7 Å². The molecule has 0 spiro atoms. The summed E-state index contributed by atoms with van der Waals surface area (Å²) in [6.45, 7) is 11.7. The first kappa shape index (κ1) is 19.9. The molecule has 0 saturated heterocycles. The molecule has 28 heavy (non-hydrogen) atoms. The summed E-state index contributed by atoms with van der Waals surface area (Å²) in [5.74, 6) is 1.78. The molecule has 0 aliphatic carbocycles. The van der Waals surface area contributed by atoms with Gasteiger partial charge in [-0.05, 0) is 38.0 Å². The molecule has 0 amide bonds. The number of benzene rings is 1. The van der Waals surface area contributed by atoms with Gasteiger partial charge in [0, 0.05) is 37.4 Å². The molecule has 148 valence electrons. The van der Waals surface area contributed by atoms with Crippen molar-refractivity contribution >= 4 is 29.0 Å². The highest BCUT2D eigenvalue weighted by Gasteiger charge is 2.15. The smallest absolute Gasteiger partial charge is 0.160 e. The summed E-state index contributed by atoms with van der Waals surface area (Å²) in [7, 11) is 1.70. The van der Waals surface area contributed by atoms with Crippen molar-refractivity contribution in [3.8, 4) is 0 Å². The van der Waals surface area contributed by atoms with Gasteiger partial charge >= 0.3 is 0 Å². The maximum absolute atomic E-state index is 5.19. The molecule has 2 N–H and O–H groups in total. The second kappa shape index (κ2) is 8.89. The van der Waals surface area contributed by atoms with Gasteiger partial charge in [0.15, 0.2) is 5.65 Å². The first-order chi connectivity index (χ1) is 13.6. The highest BCUT2D eigenvalue weighted by atomic mass is 16.5. The maximum atomic E-state index is 5.19. The lowest BCUT2D eigenvalue weighted by atomic mass is 10.1. The Bertz CT molecular complexity index is 977. The number of nitrogens with one attached hydrogen (secondary N) is 2. The Balaban J connectivity index is 2.06. The molecule has 0 bridgehead atoms. The number of hydrogen-bond donors (Lipinski definition) is 2. The van der Waals surface area contributed by atoms with Crippen molar-refractivity contribution < 1.29 is 4.74 Å². The number of aryl methyl sites for hydroxylation is 1. The summed E-state index contributed by atoms with van der Waals surface area (Å²) in [6, 6.07) is 8.28. The van der Waals surface area contributed by atoms with E-state index in [1.165, 1.54) is 5.56 Å². The van der Waals surface area contributed by atoms with Gasteiger partial charge in [0.1, 0.15) is 11.6 Å². The number of hydrogen-bond acceptors (Lipinski definition) is 5. The second-order valence-electron chi connectivity index (χ2n) is 6.93. The Hall–Kier alpha value is -2.86. The lowest BCUT2D eigenvalue weighted by molar-refractivity contribution is 0.201. The van der Waals surface area contributed by atoms with Crippen LogP contribution in [0.4, 0.5) is 17.3 Å². The van der Waals surface area contributed by atoms with Crippen molar-refractivity contribution in [2.45, 2.75) is 33.6 Å². The van der Waals surface area contributed by atoms with Gasteiger partial charge in [-0.1, -0.05) is 31.2 Å². The van der Waals surface area contributed by atoms with Crippen LogP contribution in [0.2, 0.25) is 0 Å². The average molecular weight is 380 g/mol. The third-order valence-electron chi connectivity index (χ3n) is 4.67. The van der Waals surface area contributed by atoms with Crippen LogP contribution in [0, 0.1) is 13.8 Å². The van der Waals surface area contributed by atoms with E-state index in [1.807, 2.05) is 16.7 Å². The van der Waals surface area contributed by atoms with E-state index in [2.05, 4.69) is 56.2 Å². The van der Waals surface area contributed by atoms with E-state index < -0.39 is 0 Å². The topological polar surface area (TPSA) is 63.5 Å². The summed E-state index contributed by atoms with van der Waals surface area (Å²) >= 11 is 0. The van der Waals surface area contributed by atoms with E-state index in [9.17, 15) is 0 Å². The average Bonchev–Trinajstić information content (AvgIpc) is 3.10. The number of rotatable bonds is 9. The Labute approximate surface area is 166 Å². The molecule has 2 heterocycles. The molecule has 3 rings (SSSR count). The Morgan fingerprint density at radius 2 is 2.07 bits per heavy atom. The minimum absolute atomic E-state index is 0.637. The number of fused-ring (bicyclic) bond motifs is 1. The van der Waals surface area contributed by atoms with Gasteiger partial charge in [0.25, 0.3) is 0 Å². The van der Waals surface area contributed by atoms with Gasteiger partial charge < -0.3 is 15.4 Å². The zero-order valence-corrected chi connectivity index (χ0v) is 17.2. The minimum atomic E-state index is 0.637. The Morgan fingerprint density at radius 1 is 1.25 bits per heavy atom. The van der Waals surface area contributed by atoms with Crippen LogP contribution in [-0.2, 0) is 11.2 Å². The van der Waals surface area contributed by atoms with Crippen molar-refractivity contribution in [3.05, 3.63) is 53.2 Å². The minimum Gasteiger partial charge on any atom is -0.384 e. The van der Waals surface area contributed by atoms with Gasteiger partial charge in [-0.25, -0.2) is 4.98 Å². The fourth-order valence-electron chi connectivity index (χ4n) is 3.13. The van der Waals surface area contributed by atoms with Crippen LogP contribution >= 0.6 is 0 Å². The van der Waals surface area contributed by atoms with Crippen molar-refractivity contribution in [3.63, 3.8) is 0 Å². The van der Waals surface area contributed by atoms with E-state index in [-0.39, 0.29) is 0 Å². The lowest BCUT2D eigenvalue weighted by Gasteiger charge is -2.16. The van der Waals surface area contributed by atoms with Crippen LogP contribution in [0.25, 0.3) is 11.7 Å². The van der Waals surface area contributed by atoms with Crippen molar-refractivity contribution in [2.24, 2.45) is 0 Å². The maximum Gasteiger partial charge on any atom is 0.160 e. The molecule has 0 radical (unpaired) electrons. The molecule has 2 aromatic heterocycles. The summed E-state index contributed by atoms with van der Waals surface area (Å²) in [5.41, 5.74) is 6.04. The van der Waals surface area contributed by atoms with Crippen LogP contribution in [0.15, 0.2) is 30.8 Å². The molecule has 0 unspecified atom stereocenters. The van der Waals surface area contributed by atoms with Gasteiger partial charge in [-0.15, -0.1) is 0 Å². The Kier molecular flexibility index (Phi) is 6.31. The van der Waals surface area contributed by atoms with E-state index in [0.29, 0.717) is 6.61 Å². The molecule has 6 nitrogen and oxygen atoms in total. The fourth-order valence-corrected chi connectivity index (χ4v) is 3.13. The molecule has 0 aliphatic rings. The standard InChI is InChI=1S/C22H29N5O/c1-6-11-23-22-16(4)21(24-19-9-8-15(3)13-17(19)7-2)25-20-14-18(10-12-28-5)26-27(20)22/h7-9,13-14,23H,2,6,10-12H2,1,3-5H3,(H,24,25). The molecule has 0 atom stereocenters. The number of methoxy groups -OCH3 is 1. The number of aromatic nitrogens is 3. The van der Waals surface area contributed by atoms with E-state index in [1.54, 1.807) is 7.11 Å². The van der Waals surface area contributed by atoms with E-state index >= 15 is 0 Å². The van der Waals surface area contributed by atoms with Crippen LogP contribution < -0.4 is 10.6 Å². The number of ether oxygens (including phenoxy) is 1. The number of anilines is 3. The van der Waals surface area contributed by atoms with Crippen LogP contribution in [0.5, 0.6) is 0 Å². The summed E-state index contributed by atoms with van der Waals surface area (Å²) in [5, 5.41) is 11.7. The predicted molar refractivity (Wildman–Crippen MR) is 117 cm³/mol. The monoisotopic (exact) mass is 379 g/mol. The highest BCUT2D eigenvalue weighted by Crippen LogP contribution is 2.29. The third kappa shape index (κ3) is 4.17. The quantitative estimate of drug-likeness (QED) is 0.562. The highest BCUT2D eigenvalue weighted by molar-refractivity contribution is 5.75. The van der Waals surface area contributed by atoms with E-state index in [4.69, 9.17) is 14.8 Å². The molecular weight excluding hydrogens is 350 g/mol. The van der Waals surface area contributed by atoms with Gasteiger partial charge in [0.05, 0.1) is 12.3 Å². The summed E-state index contributed by atoms with van der Waals surface area (Å²) in [6.07, 6.45) is 3.65. The van der Waals surface area contributed by atoms with Crippen LogP contribution in [0.3, 0.4) is 0 Å². The number of nitrogens with zero attached hydrogens (tertiary/aromatic N) is 3. The molecule has 0 fully saturated rings. The molecule has 0 saturated carbocycles. The molecular formula is C22H29N5O. The van der Waals surface area contributed by atoms with Gasteiger partial charge in [-0.3, -0.25) is 0 Å². The first-order valence-electron chi connectivity index (χ1n) is 9.69. The zero-order valence-electron chi connectivity index (χ0n) is 17.2. The summed E-state index contributed by atoms with van der Waals surface area (Å²) < 4.78 is 7.09. The SMILES string of the molecule is C=Cc1cc(C)ccc1Nc1nc2cc(CCOC)nn2c(NCCC)c1C. The first-order valence-corrected chi connectivity index (χ1v) is 9.69. The van der Waals surface area contributed by atoms with Crippen molar-refractivity contribution in [1.82, 2.24) is 14.6 Å². The Morgan fingerprint density at radius 3 is 2.79 bits per heavy atom.